The molecule has 0 aliphatic heterocycles. The van der Waals surface area contributed by atoms with Crippen molar-refractivity contribution < 1.29 is 10.2 Å². The van der Waals surface area contributed by atoms with E-state index in [0.29, 0.717) is 0 Å². The Labute approximate surface area is 116 Å². The molecule has 0 saturated heterocycles. The van der Waals surface area contributed by atoms with E-state index in [1.165, 1.54) is 0 Å². The predicted octanol–water partition coefficient (Wildman–Crippen LogP) is 2.81. The molecule has 1 rings (SSSR count). The molecule has 0 spiro atoms. The van der Waals surface area contributed by atoms with Crippen molar-refractivity contribution in [3.8, 4) is 0 Å². The summed E-state index contributed by atoms with van der Waals surface area (Å²) in [4.78, 5) is 0. The van der Waals surface area contributed by atoms with Crippen LogP contribution in [0.25, 0.3) is 0 Å². The lowest BCUT2D eigenvalue weighted by molar-refractivity contribution is 0.276. The third kappa shape index (κ3) is 2.20. The van der Waals surface area contributed by atoms with Gasteiger partial charge in [0.15, 0.2) is 0 Å². The van der Waals surface area contributed by atoms with E-state index in [9.17, 15) is 10.2 Å². The average molecular weight is 456 g/mol. The molecule has 1 aliphatic carbocycles. The van der Waals surface area contributed by atoms with Gasteiger partial charge in [-0.1, -0.05) is 75.9 Å². The lowest BCUT2D eigenvalue weighted by Crippen LogP contribution is -2.35. The van der Waals surface area contributed by atoms with Crippen molar-refractivity contribution in [2.24, 2.45) is 0 Å². The Kier molecular flexibility index (Phi) is 4.47. The first-order chi connectivity index (χ1) is 6.39. The lowest BCUT2D eigenvalue weighted by Gasteiger charge is -2.33. The molecule has 14 heavy (non-hydrogen) atoms. The van der Waals surface area contributed by atoms with Crippen molar-refractivity contribution in [2.75, 3.05) is 13.2 Å². The van der Waals surface area contributed by atoms with Crippen LogP contribution in [-0.2, 0) is 0 Å². The Morgan fingerprint density at radius 3 is 1.43 bits per heavy atom. The Hall–Kier alpha value is 1.32. The van der Waals surface area contributed by atoms with Gasteiger partial charge in [0.05, 0.1) is 21.9 Å². The van der Waals surface area contributed by atoms with E-state index in [1.54, 1.807) is 12.2 Å². The fourth-order valence-corrected chi connectivity index (χ4v) is 3.44. The predicted molar refractivity (Wildman–Crippen MR) is 71.5 cm³/mol. The molecular weight excluding hydrogens is 448 g/mol. The van der Waals surface area contributed by atoms with Crippen LogP contribution in [0.15, 0.2) is 21.1 Å². The molecule has 0 fully saturated rings. The van der Waals surface area contributed by atoms with Crippen LogP contribution in [0.3, 0.4) is 0 Å². The van der Waals surface area contributed by atoms with Gasteiger partial charge in [-0.2, -0.15) is 0 Å². The smallest absolute Gasteiger partial charge is 0.0989 e. The summed E-state index contributed by atoms with van der Waals surface area (Å²) in [6.45, 7) is -0.124. The molecule has 0 heterocycles. The van der Waals surface area contributed by atoms with Crippen LogP contribution in [0.1, 0.15) is 0 Å². The molecule has 2 N–H and O–H groups in total. The summed E-state index contributed by atoms with van der Waals surface area (Å²) in [5.41, 5.74) is 0. The first-order valence-corrected chi connectivity index (χ1v) is 6.93. The van der Waals surface area contributed by atoms with Gasteiger partial charge in [-0.3, -0.25) is 0 Å². The molecule has 0 aromatic rings. The number of halogens is 4. The molecule has 0 aromatic carbocycles. The van der Waals surface area contributed by atoms with E-state index in [0.717, 1.165) is 8.96 Å². The summed E-state index contributed by atoms with van der Waals surface area (Å²) in [5, 5.41) is 18.4. The first kappa shape index (κ1) is 13.4. The first-order valence-electron chi connectivity index (χ1n) is 3.76. The van der Waals surface area contributed by atoms with Crippen LogP contribution in [0.4, 0.5) is 0 Å². The van der Waals surface area contributed by atoms with Crippen LogP contribution in [0.5, 0.6) is 0 Å². The summed E-state index contributed by atoms with van der Waals surface area (Å²) in [6.07, 6.45) is 3.60. The molecule has 0 radical (unpaired) electrons. The van der Waals surface area contributed by atoms with Crippen molar-refractivity contribution in [3.63, 3.8) is 0 Å². The highest BCUT2D eigenvalue weighted by Gasteiger charge is 2.40. The summed E-state index contributed by atoms with van der Waals surface area (Å²) in [6, 6.07) is 0. The topological polar surface area (TPSA) is 40.5 Å². The van der Waals surface area contributed by atoms with Gasteiger partial charge in [-0.25, -0.2) is 0 Å². The zero-order valence-electron chi connectivity index (χ0n) is 6.98. The van der Waals surface area contributed by atoms with Crippen LogP contribution in [0.2, 0.25) is 0 Å². The number of aliphatic hydroxyl groups is 2. The van der Waals surface area contributed by atoms with Crippen LogP contribution in [0, 0.1) is 0 Å². The van der Waals surface area contributed by atoms with Gasteiger partial charge in [-0.05, 0) is 0 Å². The van der Waals surface area contributed by atoms with E-state index < -0.39 is 8.65 Å². The van der Waals surface area contributed by atoms with Crippen molar-refractivity contribution >= 4 is 63.7 Å². The fourth-order valence-electron chi connectivity index (χ4n) is 1.02. The van der Waals surface area contributed by atoms with Crippen LogP contribution in [-0.4, -0.2) is 32.1 Å². The number of rotatable bonds is 2. The molecular formula is C8H8Br4O2. The van der Waals surface area contributed by atoms with Gasteiger partial charge in [-0.15, -0.1) is 0 Å². The van der Waals surface area contributed by atoms with Crippen molar-refractivity contribution in [1.82, 2.24) is 0 Å². The minimum absolute atomic E-state index is 0.0618. The maximum absolute atomic E-state index is 9.22. The maximum atomic E-state index is 9.22. The minimum atomic E-state index is -0.599. The van der Waals surface area contributed by atoms with Crippen molar-refractivity contribution in [1.29, 1.82) is 0 Å². The highest BCUT2D eigenvalue weighted by molar-refractivity contribution is 9.16. The Morgan fingerprint density at radius 1 is 0.929 bits per heavy atom. The molecule has 2 atom stereocenters. The van der Waals surface area contributed by atoms with Gasteiger partial charge >= 0.3 is 0 Å². The second-order valence-electron chi connectivity index (χ2n) is 3.00. The summed E-state index contributed by atoms with van der Waals surface area (Å²) in [7, 11) is 0. The number of alkyl halides is 2. The van der Waals surface area contributed by atoms with Gasteiger partial charge in [0.25, 0.3) is 0 Å². The van der Waals surface area contributed by atoms with Gasteiger partial charge in [0.1, 0.15) is 0 Å². The summed E-state index contributed by atoms with van der Waals surface area (Å²) >= 11 is 13.6. The average Bonchev–Trinajstić information content (AvgIpc) is 2.21. The molecule has 2 nitrogen and oxygen atoms in total. The zero-order chi connectivity index (χ0) is 11.0. The third-order valence-electron chi connectivity index (χ3n) is 1.99. The van der Waals surface area contributed by atoms with E-state index in [-0.39, 0.29) is 13.2 Å². The fraction of sp³-hybridized carbons (Fsp3) is 0.500. The summed E-state index contributed by atoms with van der Waals surface area (Å²) < 4.78 is 0.332. The largest absolute Gasteiger partial charge is 0.394 e. The highest BCUT2D eigenvalue weighted by atomic mass is 79.9. The third-order valence-corrected chi connectivity index (χ3v) is 7.62. The molecule has 2 unspecified atom stereocenters. The van der Waals surface area contributed by atoms with Crippen molar-refractivity contribution in [3.05, 3.63) is 21.1 Å². The molecule has 0 aromatic heterocycles. The highest BCUT2D eigenvalue weighted by Crippen LogP contribution is 2.48. The Balaban J connectivity index is 3.17. The SMILES string of the molecule is OCC1(Br)C=CC(Br)(CO)C(Br)=C1Br. The zero-order valence-corrected chi connectivity index (χ0v) is 13.3. The minimum Gasteiger partial charge on any atom is -0.394 e. The van der Waals surface area contributed by atoms with E-state index in [2.05, 4.69) is 63.7 Å². The second-order valence-corrected chi connectivity index (χ2v) is 7.42. The van der Waals surface area contributed by atoms with E-state index in [1.807, 2.05) is 0 Å². The molecule has 0 bridgehead atoms. The van der Waals surface area contributed by atoms with Crippen LogP contribution >= 0.6 is 63.7 Å². The van der Waals surface area contributed by atoms with Gasteiger partial charge < -0.3 is 10.2 Å². The Bertz CT molecular complexity index is 274. The number of hydrogen-bond donors (Lipinski definition) is 2. The standard InChI is InChI=1S/C8H8Br4O2/c9-5-6(10)8(12,4-14)2-1-7(5,11)3-13/h1-2,13-14H,3-4H2. The lowest BCUT2D eigenvalue weighted by atomic mass is 9.97. The number of hydrogen-bond acceptors (Lipinski definition) is 2. The van der Waals surface area contributed by atoms with E-state index >= 15 is 0 Å². The van der Waals surface area contributed by atoms with E-state index in [4.69, 9.17) is 0 Å². The maximum Gasteiger partial charge on any atom is 0.0989 e. The molecule has 6 heteroatoms. The number of aliphatic hydroxyl groups excluding tert-OH is 2. The second kappa shape index (κ2) is 4.67. The summed E-state index contributed by atoms with van der Waals surface area (Å²) in [5.74, 6) is 0. The monoisotopic (exact) mass is 452 g/mol. The molecule has 0 saturated carbocycles. The van der Waals surface area contributed by atoms with Crippen molar-refractivity contribution in [2.45, 2.75) is 8.65 Å². The molecule has 80 valence electrons. The normalized spacial score (nSPS) is 37.9. The molecule has 0 amide bonds. The van der Waals surface area contributed by atoms with Crippen LogP contribution < -0.4 is 0 Å². The van der Waals surface area contributed by atoms with Gasteiger partial charge in [0, 0.05) is 8.96 Å². The Morgan fingerprint density at radius 2 is 1.21 bits per heavy atom. The van der Waals surface area contributed by atoms with Gasteiger partial charge in [0.2, 0.25) is 0 Å². The molecule has 1 aliphatic rings. The quantitative estimate of drug-likeness (QED) is 0.497.